The van der Waals surface area contributed by atoms with Crippen LogP contribution in [0.4, 0.5) is 0 Å². The Bertz CT molecular complexity index is 369. The number of thioether (sulfide) groups is 1. The van der Waals surface area contributed by atoms with Crippen LogP contribution in [0.15, 0.2) is 18.2 Å². The molecule has 0 aliphatic carbocycles. The van der Waals surface area contributed by atoms with Crippen molar-refractivity contribution in [3.05, 3.63) is 34.9 Å². The highest BCUT2D eigenvalue weighted by atomic mass is 32.2. The molecule has 0 bridgehead atoms. The Morgan fingerprint density at radius 1 is 1.10 bits per heavy atom. The molecule has 1 N–H and O–H groups in total. The van der Waals surface area contributed by atoms with E-state index in [-0.39, 0.29) is 0 Å². The maximum absolute atomic E-state index is 3.71. The summed E-state index contributed by atoms with van der Waals surface area (Å²) in [6.07, 6.45) is 2.47. The van der Waals surface area contributed by atoms with Gasteiger partial charge in [0, 0.05) is 17.5 Å². The lowest BCUT2D eigenvalue weighted by Gasteiger charge is -2.24. The van der Waals surface area contributed by atoms with Gasteiger partial charge >= 0.3 is 0 Å². The Labute approximate surface area is 129 Å². The largest absolute Gasteiger partial charge is 0.313 e. The normalized spacial score (nSPS) is 14.2. The molecule has 0 spiro atoms. The lowest BCUT2D eigenvalue weighted by Crippen LogP contribution is -2.37. The van der Waals surface area contributed by atoms with Crippen LogP contribution >= 0.6 is 11.8 Å². The fourth-order valence-corrected chi connectivity index (χ4v) is 3.72. The van der Waals surface area contributed by atoms with E-state index in [0.717, 1.165) is 18.2 Å². The van der Waals surface area contributed by atoms with E-state index in [1.54, 1.807) is 0 Å². The zero-order chi connectivity index (χ0) is 15.0. The summed E-state index contributed by atoms with van der Waals surface area (Å²) in [4.78, 5) is 0. The predicted octanol–water partition coefficient (Wildman–Crippen LogP) is 4.95. The Morgan fingerprint density at radius 2 is 1.75 bits per heavy atom. The van der Waals surface area contributed by atoms with Gasteiger partial charge in [-0.05, 0) is 38.3 Å². The summed E-state index contributed by atoms with van der Waals surface area (Å²) >= 11 is 2.06. The molecule has 0 aliphatic heterocycles. The molecular formula is C18H31NS. The first-order valence-corrected chi connectivity index (χ1v) is 9.10. The Morgan fingerprint density at radius 3 is 2.30 bits per heavy atom. The van der Waals surface area contributed by atoms with Crippen LogP contribution in [-0.4, -0.2) is 18.3 Å². The van der Waals surface area contributed by atoms with Crippen molar-refractivity contribution in [2.24, 2.45) is 5.92 Å². The summed E-state index contributed by atoms with van der Waals surface area (Å²) in [6, 6.07) is 7.53. The van der Waals surface area contributed by atoms with Crippen molar-refractivity contribution >= 4 is 11.8 Å². The molecule has 0 aliphatic rings. The average molecular weight is 294 g/mol. The third-order valence-corrected chi connectivity index (χ3v) is 4.97. The van der Waals surface area contributed by atoms with Crippen LogP contribution in [0.25, 0.3) is 0 Å². The van der Waals surface area contributed by atoms with Gasteiger partial charge in [0.05, 0.1) is 0 Å². The van der Waals surface area contributed by atoms with Crippen LogP contribution in [0.3, 0.4) is 0 Å². The fourth-order valence-electron chi connectivity index (χ4n) is 2.49. The van der Waals surface area contributed by atoms with Gasteiger partial charge in [0.2, 0.25) is 0 Å². The van der Waals surface area contributed by atoms with Gasteiger partial charge in [0.1, 0.15) is 0 Å². The third-order valence-electron chi connectivity index (χ3n) is 3.83. The zero-order valence-electron chi connectivity index (χ0n) is 13.8. The van der Waals surface area contributed by atoms with Crippen LogP contribution in [0.1, 0.15) is 50.3 Å². The molecule has 0 amide bonds. The van der Waals surface area contributed by atoms with E-state index >= 15 is 0 Å². The van der Waals surface area contributed by atoms with Crippen LogP contribution in [0.2, 0.25) is 0 Å². The van der Waals surface area contributed by atoms with E-state index in [4.69, 9.17) is 0 Å². The molecule has 0 heterocycles. The van der Waals surface area contributed by atoms with Gasteiger partial charge in [-0.3, -0.25) is 0 Å². The molecule has 0 radical (unpaired) electrons. The Kier molecular flexibility index (Phi) is 8.32. The minimum Gasteiger partial charge on any atom is -0.313 e. The van der Waals surface area contributed by atoms with Gasteiger partial charge in [0.15, 0.2) is 0 Å². The number of benzene rings is 1. The highest BCUT2D eigenvalue weighted by Gasteiger charge is 2.14. The second-order valence-corrected chi connectivity index (χ2v) is 6.99. The lowest BCUT2D eigenvalue weighted by atomic mass is 10.0. The average Bonchev–Trinajstić information content (AvgIpc) is 2.40. The van der Waals surface area contributed by atoms with Gasteiger partial charge in [-0.25, -0.2) is 0 Å². The minimum absolute atomic E-state index is 0.649. The Hall–Kier alpha value is -0.470. The molecule has 2 atom stereocenters. The van der Waals surface area contributed by atoms with E-state index in [0.29, 0.717) is 6.04 Å². The Balaban J connectivity index is 2.46. The van der Waals surface area contributed by atoms with E-state index in [1.165, 1.54) is 35.3 Å². The number of hydrogen-bond donors (Lipinski definition) is 1. The van der Waals surface area contributed by atoms with E-state index in [9.17, 15) is 0 Å². The molecule has 1 rings (SSSR count). The molecule has 0 saturated carbocycles. The van der Waals surface area contributed by atoms with Crippen LogP contribution < -0.4 is 5.32 Å². The minimum atomic E-state index is 0.649. The molecule has 1 aromatic carbocycles. The topological polar surface area (TPSA) is 12.0 Å². The summed E-state index contributed by atoms with van der Waals surface area (Å²) in [5, 5.41) is 3.71. The molecule has 2 heteroatoms. The molecule has 114 valence electrons. The highest BCUT2D eigenvalue weighted by Crippen LogP contribution is 2.19. The van der Waals surface area contributed by atoms with Gasteiger partial charge in [-0.15, -0.1) is 0 Å². The van der Waals surface area contributed by atoms with E-state index in [1.807, 2.05) is 0 Å². The summed E-state index contributed by atoms with van der Waals surface area (Å²) in [7, 11) is 0. The molecule has 1 nitrogen and oxygen atoms in total. The maximum atomic E-state index is 3.71. The first-order chi connectivity index (χ1) is 9.56. The van der Waals surface area contributed by atoms with Crippen molar-refractivity contribution in [3.8, 4) is 0 Å². The van der Waals surface area contributed by atoms with Gasteiger partial charge in [-0.1, -0.05) is 56.5 Å². The SMILES string of the molecule is CCCNC(CSCc1cc(C)cc(C)c1)C(C)CC. The number of aryl methyl sites for hydroxylation is 2. The van der Waals surface area contributed by atoms with Crippen molar-refractivity contribution in [1.82, 2.24) is 5.32 Å². The maximum Gasteiger partial charge on any atom is 0.0185 e. The quantitative estimate of drug-likeness (QED) is 0.691. The van der Waals surface area contributed by atoms with Crippen LogP contribution in [-0.2, 0) is 5.75 Å². The van der Waals surface area contributed by atoms with Gasteiger partial charge < -0.3 is 5.32 Å². The summed E-state index contributed by atoms with van der Waals surface area (Å²) in [5.41, 5.74) is 4.22. The first-order valence-electron chi connectivity index (χ1n) is 7.95. The second kappa shape index (κ2) is 9.46. The zero-order valence-corrected chi connectivity index (χ0v) is 14.6. The van der Waals surface area contributed by atoms with Crippen molar-refractivity contribution in [3.63, 3.8) is 0 Å². The number of nitrogens with one attached hydrogen (secondary N) is 1. The second-order valence-electron chi connectivity index (χ2n) is 5.96. The summed E-state index contributed by atoms with van der Waals surface area (Å²) in [6.45, 7) is 12.4. The number of rotatable bonds is 9. The van der Waals surface area contributed by atoms with E-state index < -0.39 is 0 Å². The lowest BCUT2D eigenvalue weighted by molar-refractivity contribution is 0.397. The molecule has 1 aromatic rings. The summed E-state index contributed by atoms with van der Waals surface area (Å²) < 4.78 is 0. The van der Waals surface area contributed by atoms with Gasteiger partial charge in [0.25, 0.3) is 0 Å². The van der Waals surface area contributed by atoms with Crippen molar-refractivity contribution in [2.75, 3.05) is 12.3 Å². The molecular weight excluding hydrogens is 262 g/mol. The summed E-state index contributed by atoms with van der Waals surface area (Å²) in [5.74, 6) is 3.10. The standard InChI is InChI=1S/C18H31NS/c1-6-8-19-18(16(5)7-2)13-20-12-17-10-14(3)9-15(4)11-17/h9-11,16,18-19H,6-8,12-13H2,1-5H3. The van der Waals surface area contributed by atoms with Gasteiger partial charge in [-0.2, -0.15) is 11.8 Å². The monoisotopic (exact) mass is 293 g/mol. The van der Waals surface area contributed by atoms with Crippen LogP contribution in [0.5, 0.6) is 0 Å². The number of hydrogen-bond acceptors (Lipinski definition) is 2. The molecule has 0 aromatic heterocycles. The fraction of sp³-hybridized carbons (Fsp3) is 0.667. The van der Waals surface area contributed by atoms with Crippen LogP contribution in [0, 0.1) is 19.8 Å². The highest BCUT2D eigenvalue weighted by molar-refractivity contribution is 7.98. The molecule has 0 saturated heterocycles. The molecule has 2 unspecified atom stereocenters. The smallest absolute Gasteiger partial charge is 0.0185 e. The van der Waals surface area contributed by atoms with Crippen molar-refractivity contribution in [2.45, 2.75) is 59.3 Å². The van der Waals surface area contributed by atoms with Crippen molar-refractivity contribution in [1.29, 1.82) is 0 Å². The third kappa shape index (κ3) is 6.32. The van der Waals surface area contributed by atoms with Crippen molar-refractivity contribution < 1.29 is 0 Å². The molecule has 20 heavy (non-hydrogen) atoms. The predicted molar refractivity (Wildman–Crippen MR) is 93.6 cm³/mol. The van der Waals surface area contributed by atoms with E-state index in [2.05, 4.69) is 69.9 Å². The first kappa shape index (κ1) is 17.6. The molecule has 0 fully saturated rings.